The Hall–Kier alpha value is -2.75. The molecule has 0 atom stereocenters. The molecule has 0 amide bonds. The summed E-state index contributed by atoms with van der Waals surface area (Å²) < 4.78 is 0. The lowest BCUT2D eigenvalue weighted by atomic mass is 10.0. The van der Waals surface area contributed by atoms with E-state index in [2.05, 4.69) is 16.0 Å². The van der Waals surface area contributed by atoms with Gasteiger partial charge in [0.1, 0.15) is 0 Å². The number of thiophene rings is 1. The number of nitriles is 1. The van der Waals surface area contributed by atoms with Crippen molar-refractivity contribution in [3.05, 3.63) is 74.5 Å². The number of benzene rings is 1. The van der Waals surface area contributed by atoms with E-state index < -0.39 is 0 Å². The Bertz CT molecular complexity index is 1000. The lowest BCUT2D eigenvalue weighted by molar-refractivity contribution is 0.240. The minimum Gasteiger partial charge on any atom is -0.306 e. The number of H-pyrrole nitrogens is 1. The molecule has 0 fully saturated rings. The zero-order valence-electron chi connectivity index (χ0n) is 13.5. The van der Waals surface area contributed by atoms with Gasteiger partial charge in [-0.05, 0) is 29.5 Å². The average molecular weight is 348 g/mol. The summed E-state index contributed by atoms with van der Waals surface area (Å²) in [6.45, 7) is 2.10. The summed E-state index contributed by atoms with van der Waals surface area (Å²) in [6, 6.07) is 13.8. The second kappa shape index (κ2) is 6.63. The highest BCUT2D eigenvalue weighted by Crippen LogP contribution is 2.23. The van der Waals surface area contributed by atoms with Crippen molar-refractivity contribution in [3.63, 3.8) is 0 Å². The minimum atomic E-state index is -0.0366. The van der Waals surface area contributed by atoms with Crippen LogP contribution in [0.5, 0.6) is 0 Å². The van der Waals surface area contributed by atoms with Crippen molar-refractivity contribution in [3.8, 4) is 16.8 Å². The summed E-state index contributed by atoms with van der Waals surface area (Å²) in [5.41, 5.74) is 3.30. The first-order valence-electron chi connectivity index (χ1n) is 8.11. The van der Waals surface area contributed by atoms with Crippen molar-refractivity contribution in [2.75, 3.05) is 6.54 Å². The smallest absolute Gasteiger partial charge is 0.254 e. The van der Waals surface area contributed by atoms with Crippen LogP contribution in [0.2, 0.25) is 0 Å². The maximum atomic E-state index is 12.4. The largest absolute Gasteiger partial charge is 0.306 e. The minimum absolute atomic E-state index is 0.0366. The van der Waals surface area contributed by atoms with E-state index in [1.807, 2.05) is 41.8 Å². The van der Waals surface area contributed by atoms with Gasteiger partial charge in [0.15, 0.2) is 5.82 Å². The predicted octanol–water partition coefficient (Wildman–Crippen LogP) is 2.93. The monoisotopic (exact) mass is 348 g/mol. The van der Waals surface area contributed by atoms with Gasteiger partial charge in [-0.1, -0.05) is 24.3 Å². The predicted molar refractivity (Wildman–Crippen MR) is 97.1 cm³/mol. The SMILES string of the molecule is N#Cc1ccccc1CN1CCc2c(nc(-c3cccs3)[nH]c2=O)C1. The van der Waals surface area contributed by atoms with Crippen molar-refractivity contribution in [1.29, 1.82) is 5.26 Å². The van der Waals surface area contributed by atoms with Crippen molar-refractivity contribution in [2.24, 2.45) is 0 Å². The Morgan fingerprint density at radius 3 is 2.96 bits per heavy atom. The maximum Gasteiger partial charge on any atom is 0.254 e. The van der Waals surface area contributed by atoms with Crippen molar-refractivity contribution >= 4 is 11.3 Å². The van der Waals surface area contributed by atoms with Gasteiger partial charge in [-0.3, -0.25) is 9.69 Å². The molecule has 6 heteroatoms. The maximum absolute atomic E-state index is 12.4. The van der Waals surface area contributed by atoms with Crippen LogP contribution in [-0.4, -0.2) is 21.4 Å². The van der Waals surface area contributed by atoms with Gasteiger partial charge < -0.3 is 4.98 Å². The van der Waals surface area contributed by atoms with Crippen LogP contribution >= 0.6 is 11.3 Å². The third kappa shape index (κ3) is 3.12. The van der Waals surface area contributed by atoms with Gasteiger partial charge in [-0.2, -0.15) is 5.26 Å². The molecule has 3 aromatic rings. The highest BCUT2D eigenvalue weighted by atomic mass is 32.1. The number of rotatable bonds is 3. The van der Waals surface area contributed by atoms with E-state index in [0.717, 1.165) is 28.2 Å². The van der Waals surface area contributed by atoms with Gasteiger partial charge in [-0.15, -0.1) is 11.3 Å². The van der Waals surface area contributed by atoms with Gasteiger partial charge in [-0.25, -0.2) is 4.98 Å². The van der Waals surface area contributed by atoms with Crippen molar-refractivity contribution in [2.45, 2.75) is 19.5 Å². The van der Waals surface area contributed by atoms with E-state index in [4.69, 9.17) is 4.98 Å². The molecular weight excluding hydrogens is 332 g/mol. The van der Waals surface area contributed by atoms with E-state index >= 15 is 0 Å². The quantitative estimate of drug-likeness (QED) is 0.790. The van der Waals surface area contributed by atoms with Crippen LogP contribution in [0.1, 0.15) is 22.4 Å². The molecule has 5 nitrogen and oxygen atoms in total. The third-order valence-electron chi connectivity index (χ3n) is 4.44. The molecule has 2 aromatic heterocycles. The van der Waals surface area contributed by atoms with E-state index in [0.29, 0.717) is 30.9 Å². The molecule has 1 aromatic carbocycles. The molecule has 0 radical (unpaired) electrons. The number of aromatic nitrogens is 2. The number of aromatic amines is 1. The molecule has 3 heterocycles. The summed E-state index contributed by atoms with van der Waals surface area (Å²) in [5.74, 6) is 0.637. The zero-order valence-corrected chi connectivity index (χ0v) is 14.3. The Morgan fingerprint density at radius 1 is 1.28 bits per heavy atom. The van der Waals surface area contributed by atoms with Gasteiger partial charge in [0.25, 0.3) is 5.56 Å². The molecule has 1 N–H and O–H groups in total. The molecule has 1 aliphatic rings. The van der Waals surface area contributed by atoms with E-state index in [1.54, 1.807) is 11.3 Å². The van der Waals surface area contributed by atoms with Crippen LogP contribution in [0, 0.1) is 11.3 Å². The molecule has 0 spiro atoms. The first-order valence-corrected chi connectivity index (χ1v) is 8.99. The molecule has 0 saturated heterocycles. The Balaban J connectivity index is 1.62. The van der Waals surface area contributed by atoms with Crippen LogP contribution in [0.4, 0.5) is 0 Å². The van der Waals surface area contributed by atoms with Gasteiger partial charge in [0.05, 0.1) is 22.2 Å². The molecular formula is C19H16N4OS. The number of fused-ring (bicyclic) bond motifs is 1. The van der Waals surface area contributed by atoms with Gasteiger partial charge in [0, 0.05) is 25.2 Å². The Morgan fingerprint density at radius 2 is 2.16 bits per heavy atom. The first-order chi connectivity index (χ1) is 12.2. The highest BCUT2D eigenvalue weighted by molar-refractivity contribution is 7.13. The zero-order chi connectivity index (χ0) is 17.2. The number of hydrogen-bond donors (Lipinski definition) is 1. The molecule has 25 heavy (non-hydrogen) atoms. The number of nitrogens with one attached hydrogen (secondary N) is 1. The molecule has 0 saturated carbocycles. The Labute approximate surface area is 149 Å². The molecule has 0 unspecified atom stereocenters. The fourth-order valence-corrected chi connectivity index (χ4v) is 3.84. The molecule has 1 aliphatic heterocycles. The lowest BCUT2D eigenvalue weighted by Crippen LogP contribution is -2.35. The van der Waals surface area contributed by atoms with E-state index in [-0.39, 0.29) is 5.56 Å². The summed E-state index contributed by atoms with van der Waals surface area (Å²) in [6.07, 6.45) is 0.678. The van der Waals surface area contributed by atoms with E-state index in [1.165, 1.54) is 0 Å². The fraction of sp³-hybridized carbons (Fsp3) is 0.211. The number of hydrogen-bond acceptors (Lipinski definition) is 5. The van der Waals surface area contributed by atoms with Crippen LogP contribution < -0.4 is 5.56 Å². The molecule has 0 bridgehead atoms. The first kappa shape index (κ1) is 15.8. The fourth-order valence-electron chi connectivity index (χ4n) is 3.17. The Kier molecular flexibility index (Phi) is 4.18. The lowest BCUT2D eigenvalue weighted by Gasteiger charge is -2.28. The highest BCUT2D eigenvalue weighted by Gasteiger charge is 2.22. The molecule has 0 aliphatic carbocycles. The van der Waals surface area contributed by atoms with Crippen LogP contribution in [0.3, 0.4) is 0 Å². The van der Waals surface area contributed by atoms with Crippen molar-refractivity contribution < 1.29 is 0 Å². The van der Waals surface area contributed by atoms with E-state index in [9.17, 15) is 10.1 Å². The summed E-state index contributed by atoms with van der Waals surface area (Å²) in [7, 11) is 0. The third-order valence-corrected chi connectivity index (χ3v) is 5.32. The normalized spacial score (nSPS) is 14.0. The van der Waals surface area contributed by atoms with Crippen LogP contribution in [0.25, 0.3) is 10.7 Å². The second-order valence-corrected chi connectivity index (χ2v) is 6.99. The summed E-state index contributed by atoms with van der Waals surface area (Å²) in [5, 5.41) is 11.2. The van der Waals surface area contributed by atoms with Gasteiger partial charge in [0.2, 0.25) is 0 Å². The molecule has 4 rings (SSSR count). The van der Waals surface area contributed by atoms with Crippen LogP contribution in [0.15, 0.2) is 46.6 Å². The van der Waals surface area contributed by atoms with Gasteiger partial charge >= 0.3 is 0 Å². The number of nitrogens with zero attached hydrogens (tertiary/aromatic N) is 3. The second-order valence-electron chi connectivity index (χ2n) is 6.05. The van der Waals surface area contributed by atoms with Crippen molar-refractivity contribution in [1.82, 2.24) is 14.9 Å². The topological polar surface area (TPSA) is 72.8 Å². The average Bonchev–Trinajstić information content (AvgIpc) is 3.16. The summed E-state index contributed by atoms with van der Waals surface area (Å²) >= 11 is 1.56. The van der Waals surface area contributed by atoms with Crippen LogP contribution in [-0.2, 0) is 19.5 Å². The summed E-state index contributed by atoms with van der Waals surface area (Å²) in [4.78, 5) is 23.2. The standard InChI is InChI=1S/C19H16N4OS/c20-10-13-4-1-2-5-14(13)11-23-8-7-15-16(12-23)21-18(22-19(15)24)17-6-3-9-25-17/h1-6,9H,7-8,11-12H2,(H,21,22,24). The molecule has 124 valence electrons.